The van der Waals surface area contributed by atoms with Crippen LogP contribution in [-0.4, -0.2) is 53.4 Å². The van der Waals surface area contributed by atoms with Crippen molar-refractivity contribution in [1.82, 2.24) is 14.8 Å². The van der Waals surface area contributed by atoms with Gasteiger partial charge in [-0.15, -0.1) is 0 Å². The number of nitrogens with zero attached hydrogens (tertiary/aromatic N) is 3. The molecule has 150 valence electrons. The van der Waals surface area contributed by atoms with Gasteiger partial charge in [-0.3, -0.25) is 4.79 Å². The van der Waals surface area contributed by atoms with Crippen LogP contribution in [0.2, 0.25) is 0 Å². The van der Waals surface area contributed by atoms with E-state index in [9.17, 15) is 9.18 Å². The highest BCUT2D eigenvalue weighted by atomic mass is 19.1. The Morgan fingerprint density at radius 2 is 1.97 bits per heavy atom. The summed E-state index contributed by atoms with van der Waals surface area (Å²) < 4.78 is 14.1. The molecule has 2 heterocycles. The molecule has 3 aromatic rings. The first-order valence-electron chi connectivity index (χ1n) is 10.2. The Kier molecular flexibility index (Phi) is 5.86. The van der Waals surface area contributed by atoms with Crippen molar-refractivity contribution in [2.45, 2.75) is 25.3 Å². The first-order chi connectivity index (χ1) is 14.1. The first-order valence-corrected chi connectivity index (χ1v) is 10.2. The summed E-state index contributed by atoms with van der Waals surface area (Å²) in [6.07, 6.45) is 3.06. The fourth-order valence-corrected chi connectivity index (χ4v) is 4.06. The quantitative estimate of drug-likeness (QED) is 0.656. The normalized spacial score (nSPS) is 17.4. The van der Waals surface area contributed by atoms with E-state index in [0.29, 0.717) is 11.1 Å². The molecule has 1 aliphatic rings. The number of rotatable bonds is 5. The molecular weight excluding hydrogens is 365 g/mol. The molecule has 1 aliphatic heterocycles. The van der Waals surface area contributed by atoms with E-state index in [0.717, 1.165) is 38.9 Å². The summed E-state index contributed by atoms with van der Waals surface area (Å²) in [7, 11) is 1.83. The Morgan fingerprint density at radius 3 is 2.79 bits per heavy atom. The maximum Gasteiger partial charge on any atom is 0.272 e. The Bertz CT molecular complexity index is 992. The minimum Gasteiger partial charge on any atom is -0.336 e. The van der Waals surface area contributed by atoms with E-state index in [4.69, 9.17) is 0 Å². The number of likely N-dealkylation sites (N-methyl/N-ethyl adjacent to an activating group) is 1. The molecule has 2 aromatic carbocycles. The average molecular weight is 391 g/mol. The Morgan fingerprint density at radius 1 is 1.14 bits per heavy atom. The smallest absolute Gasteiger partial charge is 0.272 e. The highest BCUT2D eigenvalue weighted by Crippen LogP contribution is 2.20. The van der Waals surface area contributed by atoms with Crippen LogP contribution >= 0.6 is 0 Å². The fourth-order valence-electron chi connectivity index (χ4n) is 4.06. The number of carbonyl (C=O) groups excluding carboxylic acids is 1. The van der Waals surface area contributed by atoms with Crippen LogP contribution in [0.3, 0.4) is 0 Å². The minimum absolute atomic E-state index is 0.144. The predicted octanol–water partition coefficient (Wildman–Crippen LogP) is 4.15. The van der Waals surface area contributed by atoms with E-state index < -0.39 is 5.82 Å². The summed E-state index contributed by atoms with van der Waals surface area (Å²) in [5.74, 6) is -0.547. The maximum atomic E-state index is 14.1. The molecule has 1 aromatic heterocycles. The molecule has 1 amide bonds. The van der Waals surface area contributed by atoms with Crippen LogP contribution in [0.5, 0.6) is 0 Å². The second kappa shape index (κ2) is 8.70. The molecule has 1 fully saturated rings. The summed E-state index contributed by atoms with van der Waals surface area (Å²) in [5.41, 5.74) is 1.88. The Balaban J connectivity index is 1.42. The molecule has 5 heteroatoms. The third kappa shape index (κ3) is 4.46. The molecule has 4 nitrogen and oxygen atoms in total. The standard InChI is InChI=1S/C24H26FN3O/c1-27(24(29)22-13-12-19-9-5-11-21(25)23(19)26-22)20-10-6-15-28(17-20)16-14-18-7-3-2-4-8-18/h2-5,7-9,11-13,20H,6,10,14-17H2,1H3. The topological polar surface area (TPSA) is 36.4 Å². The van der Waals surface area contributed by atoms with Crippen molar-refractivity contribution in [2.75, 3.05) is 26.7 Å². The van der Waals surface area contributed by atoms with Gasteiger partial charge in [0.2, 0.25) is 0 Å². The number of hydrogen-bond donors (Lipinski definition) is 0. The number of likely N-dealkylation sites (tertiary alicyclic amines) is 1. The number of carbonyl (C=O) groups is 1. The Labute approximate surface area is 171 Å². The van der Waals surface area contributed by atoms with E-state index in [-0.39, 0.29) is 17.5 Å². The van der Waals surface area contributed by atoms with E-state index in [1.165, 1.54) is 11.6 Å². The van der Waals surface area contributed by atoms with Crippen molar-refractivity contribution >= 4 is 16.8 Å². The number of benzene rings is 2. The number of hydrogen-bond acceptors (Lipinski definition) is 3. The van der Waals surface area contributed by atoms with E-state index in [2.05, 4.69) is 34.1 Å². The molecule has 0 bridgehead atoms. The van der Waals surface area contributed by atoms with Crippen molar-refractivity contribution in [3.8, 4) is 0 Å². The van der Waals surface area contributed by atoms with Crippen LogP contribution < -0.4 is 0 Å². The van der Waals surface area contributed by atoms with Gasteiger partial charge in [0.15, 0.2) is 0 Å². The van der Waals surface area contributed by atoms with Crippen molar-refractivity contribution in [3.63, 3.8) is 0 Å². The van der Waals surface area contributed by atoms with Gasteiger partial charge in [-0.1, -0.05) is 48.5 Å². The van der Waals surface area contributed by atoms with E-state index >= 15 is 0 Å². The summed E-state index contributed by atoms with van der Waals surface area (Å²) in [5, 5.41) is 0.703. The van der Waals surface area contributed by atoms with Gasteiger partial charge in [0.05, 0.1) is 0 Å². The van der Waals surface area contributed by atoms with Crippen LogP contribution in [-0.2, 0) is 6.42 Å². The van der Waals surface area contributed by atoms with E-state index in [1.807, 2.05) is 13.1 Å². The van der Waals surface area contributed by atoms with Gasteiger partial charge >= 0.3 is 0 Å². The number of aromatic nitrogens is 1. The molecule has 1 unspecified atom stereocenters. The van der Waals surface area contributed by atoms with Crippen LogP contribution in [0.15, 0.2) is 60.7 Å². The Hall–Kier alpha value is -2.79. The van der Waals surface area contributed by atoms with E-state index in [1.54, 1.807) is 29.2 Å². The number of fused-ring (bicyclic) bond motifs is 1. The molecule has 0 aliphatic carbocycles. The molecule has 0 spiro atoms. The van der Waals surface area contributed by atoms with Crippen molar-refractivity contribution < 1.29 is 9.18 Å². The highest BCUT2D eigenvalue weighted by molar-refractivity contribution is 5.95. The molecule has 4 rings (SSSR count). The monoisotopic (exact) mass is 391 g/mol. The molecular formula is C24H26FN3O. The van der Waals surface area contributed by atoms with Gasteiger partial charge in [0.25, 0.3) is 5.91 Å². The zero-order chi connectivity index (χ0) is 20.2. The number of pyridine rings is 1. The maximum absolute atomic E-state index is 14.1. The molecule has 0 radical (unpaired) electrons. The number of piperidine rings is 1. The molecule has 0 N–H and O–H groups in total. The molecule has 29 heavy (non-hydrogen) atoms. The van der Waals surface area contributed by atoms with Gasteiger partial charge in [-0.2, -0.15) is 0 Å². The van der Waals surface area contributed by atoms with Crippen LogP contribution in [0.4, 0.5) is 4.39 Å². The fraction of sp³-hybridized carbons (Fsp3) is 0.333. The van der Waals surface area contributed by atoms with Crippen molar-refractivity contribution in [3.05, 3.63) is 77.7 Å². The van der Waals surface area contributed by atoms with Gasteiger partial charge < -0.3 is 9.80 Å². The summed E-state index contributed by atoms with van der Waals surface area (Å²) >= 11 is 0. The zero-order valence-corrected chi connectivity index (χ0v) is 16.7. The second-order valence-electron chi connectivity index (χ2n) is 7.76. The predicted molar refractivity (Wildman–Crippen MR) is 113 cm³/mol. The molecule has 1 saturated heterocycles. The summed E-state index contributed by atoms with van der Waals surface area (Å²) in [6.45, 7) is 2.91. The number of amides is 1. The average Bonchev–Trinajstić information content (AvgIpc) is 2.78. The van der Waals surface area contributed by atoms with Gasteiger partial charge in [-0.25, -0.2) is 9.37 Å². The highest BCUT2D eigenvalue weighted by Gasteiger charge is 2.27. The van der Waals surface area contributed by atoms with Gasteiger partial charge in [0.1, 0.15) is 17.0 Å². The summed E-state index contributed by atoms with van der Waals surface area (Å²) in [6, 6.07) is 18.9. The number of halogens is 1. The van der Waals surface area contributed by atoms with Crippen LogP contribution in [0, 0.1) is 5.82 Å². The lowest BCUT2D eigenvalue weighted by Gasteiger charge is -2.37. The number of para-hydroxylation sites is 1. The first kappa shape index (κ1) is 19.5. The SMILES string of the molecule is CN(C(=O)c1ccc2cccc(F)c2n1)C1CCCN(CCc2ccccc2)C1. The van der Waals surface area contributed by atoms with Gasteiger partial charge in [0, 0.05) is 31.6 Å². The lowest BCUT2D eigenvalue weighted by Crippen LogP contribution is -2.49. The minimum atomic E-state index is -0.399. The van der Waals surface area contributed by atoms with Crippen molar-refractivity contribution in [2.24, 2.45) is 0 Å². The zero-order valence-electron chi connectivity index (χ0n) is 16.7. The third-order valence-electron chi connectivity index (χ3n) is 5.80. The van der Waals surface area contributed by atoms with Gasteiger partial charge in [-0.05, 0) is 43.5 Å². The molecule has 1 atom stereocenters. The van der Waals surface area contributed by atoms with Crippen LogP contribution in [0.1, 0.15) is 28.9 Å². The largest absolute Gasteiger partial charge is 0.336 e. The van der Waals surface area contributed by atoms with Crippen LogP contribution in [0.25, 0.3) is 10.9 Å². The lowest BCUT2D eigenvalue weighted by atomic mass is 10.0. The third-order valence-corrected chi connectivity index (χ3v) is 5.80. The lowest BCUT2D eigenvalue weighted by molar-refractivity contribution is 0.0614. The second-order valence-corrected chi connectivity index (χ2v) is 7.76. The summed E-state index contributed by atoms with van der Waals surface area (Å²) in [4.78, 5) is 21.5. The van der Waals surface area contributed by atoms with Crippen molar-refractivity contribution in [1.29, 1.82) is 0 Å². The molecule has 0 saturated carbocycles.